The van der Waals surface area contributed by atoms with Crippen molar-refractivity contribution >= 4 is 41.2 Å². The van der Waals surface area contributed by atoms with Gasteiger partial charge in [-0.1, -0.05) is 82.1 Å². The number of nitrogens with one attached hydrogen (secondary N) is 2. The fraction of sp³-hybridized carbons (Fsp3) is 0.348. The summed E-state index contributed by atoms with van der Waals surface area (Å²) < 4.78 is 0. The standard InChI is InChI=1S/C23H27Cl2N3O2/c1-14(2)20(27-21(29)18-11-10-17(24)12-19(18)25)22(30)28-26-13-15-6-8-16(9-7-15)23(3,4)5/h6-14,20H,1-5H3,(H,27,29)(H,28,30)/b26-13+. The molecule has 0 saturated heterocycles. The first-order valence-corrected chi connectivity index (χ1v) is 10.4. The number of carbonyl (C=O) groups excluding carboxylic acids is 2. The van der Waals surface area contributed by atoms with Crippen molar-refractivity contribution < 1.29 is 9.59 Å². The van der Waals surface area contributed by atoms with Gasteiger partial charge in [0.05, 0.1) is 16.8 Å². The van der Waals surface area contributed by atoms with Crippen molar-refractivity contribution in [3.63, 3.8) is 0 Å². The van der Waals surface area contributed by atoms with E-state index in [2.05, 4.69) is 36.6 Å². The number of nitrogens with zero attached hydrogens (tertiary/aromatic N) is 1. The second-order valence-corrected chi connectivity index (χ2v) is 9.27. The van der Waals surface area contributed by atoms with E-state index in [1.807, 2.05) is 38.1 Å². The lowest BCUT2D eigenvalue weighted by molar-refractivity contribution is -0.123. The summed E-state index contributed by atoms with van der Waals surface area (Å²) in [7, 11) is 0. The lowest BCUT2D eigenvalue weighted by Crippen LogP contribution is -2.48. The molecule has 2 rings (SSSR count). The number of benzene rings is 2. The number of rotatable bonds is 6. The van der Waals surface area contributed by atoms with Crippen molar-refractivity contribution in [1.82, 2.24) is 10.7 Å². The van der Waals surface area contributed by atoms with Gasteiger partial charge in [0.25, 0.3) is 11.8 Å². The van der Waals surface area contributed by atoms with Crippen LogP contribution in [0.5, 0.6) is 0 Å². The molecule has 0 bridgehead atoms. The summed E-state index contributed by atoms with van der Waals surface area (Å²) in [5, 5.41) is 7.39. The molecule has 1 atom stereocenters. The van der Waals surface area contributed by atoms with E-state index in [0.29, 0.717) is 5.02 Å². The van der Waals surface area contributed by atoms with Crippen LogP contribution >= 0.6 is 23.2 Å². The van der Waals surface area contributed by atoms with Crippen LogP contribution < -0.4 is 10.7 Å². The summed E-state index contributed by atoms with van der Waals surface area (Å²) in [5.41, 5.74) is 4.90. The fourth-order valence-electron chi connectivity index (χ4n) is 2.74. The van der Waals surface area contributed by atoms with Gasteiger partial charge in [0, 0.05) is 5.02 Å². The van der Waals surface area contributed by atoms with Gasteiger partial charge in [0.2, 0.25) is 0 Å². The number of hydrazone groups is 1. The highest BCUT2D eigenvalue weighted by atomic mass is 35.5. The molecule has 1 unspecified atom stereocenters. The first-order chi connectivity index (χ1) is 14.0. The van der Waals surface area contributed by atoms with Crippen molar-refractivity contribution in [1.29, 1.82) is 0 Å². The molecule has 2 aromatic rings. The van der Waals surface area contributed by atoms with Gasteiger partial charge in [0.1, 0.15) is 6.04 Å². The number of hydrogen-bond donors (Lipinski definition) is 2. The Balaban J connectivity index is 2.03. The predicted molar refractivity (Wildman–Crippen MR) is 123 cm³/mol. The Morgan fingerprint density at radius 1 is 1.03 bits per heavy atom. The third-order valence-corrected chi connectivity index (χ3v) is 5.12. The SMILES string of the molecule is CC(C)C(NC(=O)c1ccc(Cl)cc1Cl)C(=O)N/N=C/c1ccc(C(C)(C)C)cc1. The fourth-order valence-corrected chi connectivity index (χ4v) is 3.23. The molecule has 7 heteroatoms. The van der Waals surface area contributed by atoms with Crippen LogP contribution in [0.3, 0.4) is 0 Å². The molecule has 0 radical (unpaired) electrons. The maximum Gasteiger partial charge on any atom is 0.262 e. The molecular weight excluding hydrogens is 421 g/mol. The monoisotopic (exact) mass is 447 g/mol. The molecule has 2 amide bonds. The smallest absolute Gasteiger partial charge is 0.262 e. The Morgan fingerprint density at radius 2 is 1.67 bits per heavy atom. The average Bonchev–Trinajstić information content (AvgIpc) is 2.65. The maximum absolute atomic E-state index is 12.6. The van der Waals surface area contributed by atoms with Crippen molar-refractivity contribution in [2.45, 2.75) is 46.1 Å². The molecule has 0 aliphatic rings. The van der Waals surface area contributed by atoms with Gasteiger partial charge in [-0.3, -0.25) is 9.59 Å². The third-order valence-electron chi connectivity index (χ3n) is 4.58. The Hall–Kier alpha value is -2.37. The van der Waals surface area contributed by atoms with Crippen LogP contribution in [0.2, 0.25) is 10.0 Å². The molecule has 0 spiro atoms. The number of hydrogen-bond acceptors (Lipinski definition) is 3. The van der Waals surface area contributed by atoms with Crippen LogP contribution in [-0.4, -0.2) is 24.1 Å². The Morgan fingerprint density at radius 3 is 2.20 bits per heavy atom. The van der Waals surface area contributed by atoms with Gasteiger partial charge in [-0.05, 0) is 40.7 Å². The van der Waals surface area contributed by atoms with Crippen molar-refractivity contribution in [2.24, 2.45) is 11.0 Å². The zero-order chi connectivity index (χ0) is 22.5. The van der Waals surface area contributed by atoms with Crippen LogP contribution in [0.15, 0.2) is 47.6 Å². The number of halogens is 2. The highest BCUT2D eigenvalue weighted by Crippen LogP contribution is 2.22. The normalized spacial score (nSPS) is 12.8. The molecule has 0 heterocycles. The first kappa shape index (κ1) is 23.9. The van der Waals surface area contributed by atoms with Crippen LogP contribution in [0.1, 0.15) is 56.1 Å². The van der Waals surface area contributed by atoms with Crippen LogP contribution in [-0.2, 0) is 10.2 Å². The molecule has 0 saturated carbocycles. The molecule has 0 aliphatic carbocycles. The minimum absolute atomic E-state index is 0.0690. The summed E-state index contributed by atoms with van der Waals surface area (Å²) in [5.74, 6) is -1.01. The molecule has 0 aliphatic heterocycles. The van der Waals surface area contributed by atoms with Gasteiger partial charge in [-0.15, -0.1) is 0 Å². The average molecular weight is 448 g/mol. The highest BCUT2D eigenvalue weighted by molar-refractivity contribution is 6.36. The van der Waals surface area contributed by atoms with E-state index in [-0.39, 0.29) is 21.9 Å². The maximum atomic E-state index is 12.6. The first-order valence-electron chi connectivity index (χ1n) is 9.68. The second kappa shape index (κ2) is 10.1. The summed E-state index contributed by atoms with van der Waals surface area (Å²) in [4.78, 5) is 25.1. The zero-order valence-electron chi connectivity index (χ0n) is 17.8. The lowest BCUT2D eigenvalue weighted by atomic mass is 9.87. The third kappa shape index (κ3) is 6.57. The van der Waals surface area contributed by atoms with Crippen molar-refractivity contribution in [3.05, 3.63) is 69.2 Å². The molecule has 2 N–H and O–H groups in total. The minimum atomic E-state index is -0.773. The quantitative estimate of drug-likeness (QED) is 0.471. The Bertz CT molecular complexity index is 932. The largest absolute Gasteiger partial charge is 0.340 e. The lowest BCUT2D eigenvalue weighted by Gasteiger charge is -2.20. The molecule has 0 fully saturated rings. The second-order valence-electron chi connectivity index (χ2n) is 8.43. The molecular formula is C23H27Cl2N3O2. The van der Waals surface area contributed by atoms with Gasteiger partial charge >= 0.3 is 0 Å². The Labute approximate surface area is 187 Å². The van der Waals surface area contributed by atoms with Gasteiger partial charge in [-0.2, -0.15) is 5.10 Å². The van der Waals surface area contributed by atoms with Crippen LogP contribution in [0, 0.1) is 5.92 Å². The Kier molecular flexibility index (Phi) is 8.04. The number of carbonyl (C=O) groups is 2. The van der Waals surface area contributed by atoms with Crippen molar-refractivity contribution in [3.8, 4) is 0 Å². The summed E-state index contributed by atoms with van der Waals surface area (Å²) in [6.07, 6.45) is 1.57. The van der Waals surface area contributed by atoms with Gasteiger partial charge in [0.15, 0.2) is 0 Å². The van der Waals surface area contributed by atoms with Crippen LogP contribution in [0.4, 0.5) is 0 Å². The van der Waals surface area contributed by atoms with Gasteiger partial charge < -0.3 is 5.32 Å². The predicted octanol–water partition coefficient (Wildman–Crippen LogP) is 5.20. The summed E-state index contributed by atoms with van der Waals surface area (Å²) >= 11 is 12.0. The van der Waals surface area contributed by atoms with E-state index in [0.717, 1.165) is 5.56 Å². The van der Waals surface area contributed by atoms with E-state index >= 15 is 0 Å². The van der Waals surface area contributed by atoms with E-state index in [1.165, 1.54) is 17.7 Å². The summed E-state index contributed by atoms with van der Waals surface area (Å²) in [6, 6.07) is 11.8. The molecule has 160 valence electrons. The topological polar surface area (TPSA) is 70.6 Å². The molecule has 2 aromatic carbocycles. The van der Waals surface area contributed by atoms with E-state index in [4.69, 9.17) is 23.2 Å². The van der Waals surface area contributed by atoms with E-state index in [9.17, 15) is 9.59 Å². The van der Waals surface area contributed by atoms with E-state index < -0.39 is 17.9 Å². The zero-order valence-corrected chi connectivity index (χ0v) is 19.3. The summed E-state index contributed by atoms with van der Waals surface area (Å²) in [6.45, 7) is 10.1. The minimum Gasteiger partial charge on any atom is -0.340 e. The molecule has 5 nitrogen and oxygen atoms in total. The molecule has 30 heavy (non-hydrogen) atoms. The van der Waals surface area contributed by atoms with E-state index in [1.54, 1.807) is 12.3 Å². The highest BCUT2D eigenvalue weighted by Gasteiger charge is 2.25. The van der Waals surface area contributed by atoms with Crippen molar-refractivity contribution in [2.75, 3.05) is 0 Å². The number of amides is 2. The van der Waals surface area contributed by atoms with Gasteiger partial charge in [-0.25, -0.2) is 5.43 Å². The molecule has 0 aromatic heterocycles. The van der Waals surface area contributed by atoms with Crippen LogP contribution in [0.25, 0.3) is 0 Å².